The van der Waals surface area contributed by atoms with Gasteiger partial charge in [-0.2, -0.15) is 11.8 Å². The lowest BCUT2D eigenvalue weighted by Gasteiger charge is -2.17. The van der Waals surface area contributed by atoms with Crippen LogP contribution in [0.2, 0.25) is 0 Å². The van der Waals surface area contributed by atoms with Crippen LogP contribution in [0, 0.1) is 0 Å². The molecule has 1 aliphatic rings. The van der Waals surface area contributed by atoms with Crippen LogP contribution in [0.3, 0.4) is 0 Å². The zero-order valence-electron chi connectivity index (χ0n) is 16.0. The van der Waals surface area contributed by atoms with Gasteiger partial charge in [0.05, 0.1) is 12.1 Å². The Bertz CT molecular complexity index is 615. The number of thioether (sulfide) groups is 1. The number of rotatable bonds is 8. The van der Waals surface area contributed by atoms with E-state index in [0.717, 1.165) is 17.8 Å². The molecule has 1 aromatic carbocycles. The normalized spacial score (nSPS) is 19.3. The summed E-state index contributed by atoms with van der Waals surface area (Å²) in [7, 11) is 0. The van der Waals surface area contributed by atoms with Gasteiger partial charge in [0.15, 0.2) is 5.96 Å². The van der Waals surface area contributed by atoms with Crippen LogP contribution in [0.1, 0.15) is 43.5 Å². The number of hydrogen-bond donors (Lipinski definition) is 4. The lowest BCUT2D eigenvalue weighted by molar-refractivity contribution is 0.0952. The molecule has 1 aliphatic carbocycles. The van der Waals surface area contributed by atoms with E-state index in [9.17, 15) is 9.90 Å². The number of nitrogens with zero attached hydrogens (tertiary/aromatic N) is 1. The summed E-state index contributed by atoms with van der Waals surface area (Å²) in [5.74, 6) is 1.68. The van der Waals surface area contributed by atoms with Crippen LogP contribution in [-0.4, -0.2) is 53.7 Å². The standard InChI is InChI=1S/C19H30N4O2S.HI/c1-3-20-19(23-14-9-10-15(13-14)26-4-2)22-12-11-21-18(25)16-7-5-6-8-17(16)24;/h5-8,14-15,24H,3-4,9-13H2,1-2H3,(H,21,25)(H2,20,22,23);1H. The van der Waals surface area contributed by atoms with Gasteiger partial charge in [0, 0.05) is 24.4 Å². The van der Waals surface area contributed by atoms with Gasteiger partial charge in [0.1, 0.15) is 5.75 Å². The molecule has 8 heteroatoms. The van der Waals surface area contributed by atoms with E-state index in [1.165, 1.54) is 31.1 Å². The summed E-state index contributed by atoms with van der Waals surface area (Å²) >= 11 is 2.04. The molecule has 0 aromatic heterocycles. The molecule has 1 saturated carbocycles. The number of phenolic OH excluding ortho intramolecular Hbond substituents is 1. The largest absolute Gasteiger partial charge is 0.507 e. The number of amides is 1. The van der Waals surface area contributed by atoms with Gasteiger partial charge in [-0.05, 0) is 44.1 Å². The summed E-state index contributed by atoms with van der Waals surface area (Å²) in [6.45, 7) is 5.95. The third-order valence-electron chi connectivity index (χ3n) is 4.29. The van der Waals surface area contributed by atoms with Crippen LogP contribution in [-0.2, 0) is 0 Å². The topological polar surface area (TPSA) is 85.8 Å². The quantitative estimate of drug-likeness (QED) is 0.189. The number of carbonyl (C=O) groups excluding carboxylic acids is 1. The maximum atomic E-state index is 12.1. The van der Waals surface area contributed by atoms with Crippen molar-refractivity contribution in [1.29, 1.82) is 0 Å². The highest BCUT2D eigenvalue weighted by Gasteiger charge is 2.25. The van der Waals surface area contributed by atoms with Crippen LogP contribution >= 0.6 is 35.7 Å². The molecule has 1 amide bonds. The Kier molecular flexibility index (Phi) is 11.6. The summed E-state index contributed by atoms with van der Waals surface area (Å²) < 4.78 is 0. The van der Waals surface area contributed by atoms with Crippen molar-refractivity contribution in [2.24, 2.45) is 4.99 Å². The molecule has 0 heterocycles. The number of nitrogens with one attached hydrogen (secondary N) is 3. The molecule has 0 radical (unpaired) electrons. The molecule has 0 saturated heterocycles. The van der Waals surface area contributed by atoms with Gasteiger partial charge >= 0.3 is 0 Å². The zero-order valence-corrected chi connectivity index (χ0v) is 19.2. The molecule has 2 rings (SSSR count). The Hall–Kier alpha value is -1.16. The lowest BCUT2D eigenvalue weighted by atomic mass is 10.2. The predicted molar refractivity (Wildman–Crippen MR) is 125 cm³/mol. The summed E-state index contributed by atoms with van der Waals surface area (Å²) in [6, 6.07) is 6.99. The maximum Gasteiger partial charge on any atom is 0.255 e. The highest BCUT2D eigenvalue weighted by Crippen LogP contribution is 2.29. The molecular formula is C19H31IN4O2S. The first kappa shape index (κ1) is 23.9. The SMILES string of the molecule is CCNC(=NCCNC(=O)c1ccccc1O)NC1CCC(SCC)C1.I. The van der Waals surface area contributed by atoms with Crippen LogP contribution < -0.4 is 16.0 Å². The number of halogens is 1. The van der Waals surface area contributed by atoms with Crippen molar-refractivity contribution in [3.8, 4) is 5.75 Å². The van der Waals surface area contributed by atoms with Gasteiger partial charge in [-0.25, -0.2) is 0 Å². The monoisotopic (exact) mass is 506 g/mol. The molecule has 2 unspecified atom stereocenters. The second kappa shape index (κ2) is 13.1. The smallest absolute Gasteiger partial charge is 0.255 e. The Morgan fingerprint density at radius 2 is 2.04 bits per heavy atom. The molecule has 6 nitrogen and oxygen atoms in total. The Labute approximate surface area is 183 Å². The third-order valence-corrected chi connectivity index (χ3v) is 5.52. The highest BCUT2D eigenvalue weighted by molar-refractivity contribution is 14.0. The molecule has 2 atom stereocenters. The number of guanidine groups is 1. The van der Waals surface area contributed by atoms with E-state index in [0.29, 0.717) is 19.1 Å². The predicted octanol–water partition coefficient (Wildman–Crippen LogP) is 2.97. The maximum absolute atomic E-state index is 12.1. The summed E-state index contributed by atoms with van der Waals surface area (Å²) in [5, 5.41) is 20.0. The summed E-state index contributed by atoms with van der Waals surface area (Å²) in [5.41, 5.74) is 0.284. The number of carbonyl (C=O) groups is 1. The number of aliphatic imine (C=N–C) groups is 1. The molecule has 0 spiro atoms. The minimum Gasteiger partial charge on any atom is -0.507 e. The Balaban J connectivity index is 0.00000364. The van der Waals surface area contributed by atoms with Crippen molar-refractivity contribution in [2.45, 2.75) is 44.4 Å². The summed E-state index contributed by atoms with van der Waals surface area (Å²) in [4.78, 5) is 16.6. The molecule has 1 fully saturated rings. The van der Waals surface area contributed by atoms with Crippen LogP contribution in [0.25, 0.3) is 0 Å². The molecular weight excluding hydrogens is 475 g/mol. The van der Waals surface area contributed by atoms with E-state index in [1.807, 2.05) is 18.7 Å². The summed E-state index contributed by atoms with van der Waals surface area (Å²) in [6.07, 6.45) is 3.60. The Morgan fingerprint density at radius 1 is 1.26 bits per heavy atom. The average Bonchev–Trinajstić information content (AvgIpc) is 3.06. The van der Waals surface area contributed by atoms with Crippen molar-refractivity contribution in [1.82, 2.24) is 16.0 Å². The van der Waals surface area contributed by atoms with E-state index in [1.54, 1.807) is 18.2 Å². The van der Waals surface area contributed by atoms with Gasteiger partial charge in [0.25, 0.3) is 5.91 Å². The Morgan fingerprint density at radius 3 is 2.74 bits per heavy atom. The minimum atomic E-state index is -0.286. The fraction of sp³-hybridized carbons (Fsp3) is 0.579. The van der Waals surface area contributed by atoms with Crippen molar-refractivity contribution in [3.63, 3.8) is 0 Å². The third kappa shape index (κ3) is 8.16. The van der Waals surface area contributed by atoms with Crippen molar-refractivity contribution in [2.75, 3.05) is 25.4 Å². The molecule has 4 N–H and O–H groups in total. The van der Waals surface area contributed by atoms with Crippen molar-refractivity contribution >= 4 is 47.6 Å². The number of para-hydroxylation sites is 1. The van der Waals surface area contributed by atoms with Gasteiger partial charge in [-0.3, -0.25) is 9.79 Å². The number of hydrogen-bond acceptors (Lipinski definition) is 4. The fourth-order valence-electron chi connectivity index (χ4n) is 3.07. The number of benzene rings is 1. The van der Waals surface area contributed by atoms with E-state index >= 15 is 0 Å². The van der Waals surface area contributed by atoms with Gasteiger partial charge in [-0.1, -0.05) is 19.1 Å². The van der Waals surface area contributed by atoms with Crippen LogP contribution in [0.5, 0.6) is 5.75 Å². The number of phenols is 1. The van der Waals surface area contributed by atoms with E-state index in [2.05, 4.69) is 27.9 Å². The second-order valence-corrected chi connectivity index (χ2v) is 7.84. The first-order valence-corrected chi connectivity index (χ1v) is 10.4. The van der Waals surface area contributed by atoms with Gasteiger partial charge in [0.2, 0.25) is 0 Å². The minimum absolute atomic E-state index is 0. The molecule has 1 aromatic rings. The molecule has 27 heavy (non-hydrogen) atoms. The number of aromatic hydroxyl groups is 1. The van der Waals surface area contributed by atoms with Crippen molar-refractivity contribution in [3.05, 3.63) is 29.8 Å². The van der Waals surface area contributed by atoms with Crippen LogP contribution in [0.15, 0.2) is 29.3 Å². The fourth-order valence-corrected chi connectivity index (χ4v) is 4.21. The van der Waals surface area contributed by atoms with E-state index in [-0.39, 0.29) is 41.2 Å². The highest BCUT2D eigenvalue weighted by atomic mass is 127. The van der Waals surface area contributed by atoms with E-state index in [4.69, 9.17) is 0 Å². The van der Waals surface area contributed by atoms with Gasteiger partial charge < -0.3 is 21.1 Å². The molecule has 0 aliphatic heterocycles. The van der Waals surface area contributed by atoms with Crippen molar-refractivity contribution < 1.29 is 9.90 Å². The molecule has 152 valence electrons. The first-order chi connectivity index (χ1) is 12.6. The average molecular weight is 506 g/mol. The first-order valence-electron chi connectivity index (χ1n) is 9.36. The zero-order chi connectivity index (χ0) is 18.8. The lowest BCUT2D eigenvalue weighted by Crippen LogP contribution is -2.43. The van der Waals surface area contributed by atoms with Crippen LogP contribution in [0.4, 0.5) is 0 Å². The van der Waals surface area contributed by atoms with E-state index < -0.39 is 0 Å². The second-order valence-electron chi connectivity index (χ2n) is 6.27. The molecule has 0 bridgehead atoms. The van der Waals surface area contributed by atoms with Gasteiger partial charge in [-0.15, -0.1) is 24.0 Å².